The fraction of sp³-hybridized carbons (Fsp3) is 0.333. The molecule has 0 bridgehead atoms. The first-order valence-electron chi connectivity index (χ1n) is 10.1. The van der Waals surface area contributed by atoms with Gasteiger partial charge in [0.05, 0.1) is 17.5 Å². The van der Waals surface area contributed by atoms with Crippen molar-refractivity contribution < 1.29 is 37.4 Å². The maximum Gasteiger partial charge on any atom is 0.404 e. The summed E-state index contributed by atoms with van der Waals surface area (Å²) in [4.78, 5) is 23.2. The molecule has 2 unspecified atom stereocenters. The molecule has 1 aliphatic heterocycles. The maximum atomic E-state index is 13.2. The van der Waals surface area contributed by atoms with E-state index in [1.165, 1.54) is 41.9 Å². The number of sulfonamides is 1. The molecule has 0 saturated carbocycles. The topological polar surface area (TPSA) is 145 Å². The van der Waals surface area contributed by atoms with Crippen LogP contribution in [-0.2, 0) is 21.2 Å². The number of nitrogens with one attached hydrogen (secondary N) is 2. The van der Waals surface area contributed by atoms with E-state index in [0.717, 1.165) is 9.87 Å². The molecule has 33 heavy (non-hydrogen) atoms. The maximum absolute atomic E-state index is 13.2. The third kappa shape index (κ3) is 5.97. The Balaban J connectivity index is 1.71. The van der Waals surface area contributed by atoms with Crippen molar-refractivity contribution in [1.29, 1.82) is 0 Å². The first kappa shape index (κ1) is 24.4. The summed E-state index contributed by atoms with van der Waals surface area (Å²) in [5.74, 6) is -0.934. The second kappa shape index (κ2) is 10.6. The van der Waals surface area contributed by atoms with E-state index in [4.69, 9.17) is 15.1 Å². The standard InChI is InChI=1S/C21H24FN3O7S/c22-15-5-3-14(4-6-15)11-13-32-16-7-9-17(10-8-16)33(30,31)25-12-1-2-18(23-21(27)28)19(25)20(26)24-29/h3-10,18-19,23,29H,1-2,11-13H2,(H,24,26)(H,27,28). The Hall–Kier alpha value is -3.22. The van der Waals surface area contributed by atoms with Crippen LogP contribution in [0.15, 0.2) is 53.4 Å². The predicted octanol–water partition coefficient (Wildman–Crippen LogP) is 1.74. The van der Waals surface area contributed by atoms with Crippen LogP contribution in [-0.4, -0.2) is 60.3 Å². The fourth-order valence-corrected chi connectivity index (χ4v) is 5.37. The summed E-state index contributed by atoms with van der Waals surface area (Å²) < 4.78 is 45.9. The molecular formula is C21H24FN3O7S. The summed E-state index contributed by atoms with van der Waals surface area (Å²) in [6.45, 7) is 0.277. The Morgan fingerprint density at radius 3 is 2.39 bits per heavy atom. The highest BCUT2D eigenvalue weighted by Gasteiger charge is 2.44. The van der Waals surface area contributed by atoms with Gasteiger partial charge in [0.15, 0.2) is 0 Å². The molecule has 3 rings (SSSR count). The van der Waals surface area contributed by atoms with Crippen LogP contribution < -0.4 is 15.5 Å². The monoisotopic (exact) mass is 481 g/mol. The van der Waals surface area contributed by atoms with Gasteiger partial charge in [-0.05, 0) is 54.8 Å². The van der Waals surface area contributed by atoms with Crippen LogP contribution in [0.25, 0.3) is 0 Å². The number of amides is 2. The normalized spacial score (nSPS) is 19.0. The van der Waals surface area contributed by atoms with Crippen molar-refractivity contribution in [1.82, 2.24) is 15.1 Å². The zero-order valence-electron chi connectivity index (χ0n) is 17.5. The first-order valence-corrected chi connectivity index (χ1v) is 11.6. The minimum atomic E-state index is -4.18. The van der Waals surface area contributed by atoms with Crippen LogP contribution in [0.5, 0.6) is 5.75 Å². The highest BCUT2D eigenvalue weighted by Crippen LogP contribution is 2.27. The minimum absolute atomic E-state index is 0.0197. The molecule has 0 aromatic heterocycles. The quantitative estimate of drug-likeness (QED) is 0.332. The summed E-state index contributed by atoms with van der Waals surface area (Å²) in [5, 5.41) is 20.3. The summed E-state index contributed by atoms with van der Waals surface area (Å²) in [7, 11) is -4.18. The van der Waals surface area contributed by atoms with Gasteiger partial charge >= 0.3 is 6.09 Å². The highest BCUT2D eigenvalue weighted by atomic mass is 32.2. The molecule has 1 saturated heterocycles. The number of nitrogens with zero attached hydrogens (tertiary/aromatic N) is 1. The lowest BCUT2D eigenvalue weighted by molar-refractivity contribution is -0.134. The lowest BCUT2D eigenvalue weighted by Crippen LogP contribution is -2.62. The molecule has 178 valence electrons. The summed E-state index contributed by atoms with van der Waals surface area (Å²) in [6.07, 6.45) is -0.317. The third-order valence-electron chi connectivity index (χ3n) is 5.28. The number of carbonyl (C=O) groups excluding carboxylic acids is 1. The molecule has 0 spiro atoms. The first-order chi connectivity index (χ1) is 15.7. The van der Waals surface area contributed by atoms with E-state index in [0.29, 0.717) is 25.2 Å². The van der Waals surface area contributed by atoms with Crippen LogP contribution in [0.1, 0.15) is 18.4 Å². The molecule has 1 aliphatic rings. The van der Waals surface area contributed by atoms with E-state index >= 15 is 0 Å². The largest absolute Gasteiger partial charge is 0.493 e. The molecule has 0 radical (unpaired) electrons. The predicted molar refractivity (Wildman–Crippen MR) is 114 cm³/mol. The van der Waals surface area contributed by atoms with E-state index < -0.39 is 34.1 Å². The Bertz CT molecular complexity index is 1080. The number of piperidine rings is 1. The summed E-state index contributed by atoms with van der Waals surface area (Å²) in [6, 6.07) is 9.13. The van der Waals surface area contributed by atoms with Gasteiger partial charge in [0, 0.05) is 13.0 Å². The average molecular weight is 482 g/mol. The zero-order chi connectivity index (χ0) is 24.0. The number of carbonyl (C=O) groups is 2. The molecule has 2 aromatic rings. The highest BCUT2D eigenvalue weighted by molar-refractivity contribution is 7.89. The van der Waals surface area contributed by atoms with Crippen LogP contribution in [0, 0.1) is 5.82 Å². The molecule has 0 aliphatic carbocycles. The Morgan fingerprint density at radius 1 is 1.12 bits per heavy atom. The number of halogens is 1. The van der Waals surface area contributed by atoms with Crippen molar-refractivity contribution in [3.63, 3.8) is 0 Å². The van der Waals surface area contributed by atoms with Crippen molar-refractivity contribution in [3.8, 4) is 5.75 Å². The van der Waals surface area contributed by atoms with E-state index in [1.807, 2.05) is 0 Å². The fourth-order valence-electron chi connectivity index (χ4n) is 3.70. The van der Waals surface area contributed by atoms with Gasteiger partial charge < -0.3 is 15.2 Å². The molecule has 1 heterocycles. The van der Waals surface area contributed by atoms with Gasteiger partial charge in [-0.2, -0.15) is 4.31 Å². The molecule has 4 N–H and O–H groups in total. The zero-order valence-corrected chi connectivity index (χ0v) is 18.3. The van der Waals surface area contributed by atoms with Crippen molar-refractivity contribution in [3.05, 3.63) is 59.9 Å². The van der Waals surface area contributed by atoms with Gasteiger partial charge in [-0.1, -0.05) is 12.1 Å². The molecule has 10 nitrogen and oxygen atoms in total. The molecule has 2 atom stereocenters. The van der Waals surface area contributed by atoms with Crippen molar-refractivity contribution in [2.24, 2.45) is 0 Å². The summed E-state index contributed by atoms with van der Waals surface area (Å²) >= 11 is 0. The average Bonchev–Trinajstić information content (AvgIpc) is 2.79. The smallest absolute Gasteiger partial charge is 0.404 e. The van der Waals surface area contributed by atoms with E-state index in [9.17, 15) is 22.4 Å². The lowest BCUT2D eigenvalue weighted by Gasteiger charge is -2.38. The Labute approximate surface area is 190 Å². The number of carboxylic acid groups (broad SMARTS) is 1. The van der Waals surface area contributed by atoms with Gasteiger partial charge in [0.25, 0.3) is 5.91 Å². The third-order valence-corrected chi connectivity index (χ3v) is 7.17. The van der Waals surface area contributed by atoms with Gasteiger partial charge in [-0.25, -0.2) is 23.1 Å². The van der Waals surface area contributed by atoms with Crippen LogP contribution in [0.3, 0.4) is 0 Å². The minimum Gasteiger partial charge on any atom is -0.493 e. The van der Waals surface area contributed by atoms with Gasteiger partial charge in [0.1, 0.15) is 17.6 Å². The molecule has 2 amide bonds. The number of benzene rings is 2. The van der Waals surface area contributed by atoms with Crippen LogP contribution in [0.2, 0.25) is 0 Å². The van der Waals surface area contributed by atoms with E-state index in [2.05, 4.69) is 5.32 Å². The van der Waals surface area contributed by atoms with Crippen LogP contribution in [0.4, 0.5) is 9.18 Å². The van der Waals surface area contributed by atoms with Crippen molar-refractivity contribution in [2.45, 2.75) is 36.2 Å². The molecule has 1 fully saturated rings. The lowest BCUT2D eigenvalue weighted by atomic mass is 9.98. The van der Waals surface area contributed by atoms with E-state index in [-0.39, 0.29) is 23.7 Å². The number of rotatable bonds is 8. The van der Waals surface area contributed by atoms with Crippen molar-refractivity contribution >= 4 is 22.0 Å². The number of ether oxygens (including phenoxy) is 1. The van der Waals surface area contributed by atoms with Gasteiger partial charge in [0.2, 0.25) is 10.0 Å². The Kier molecular flexibility index (Phi) is 7.84. The van der Waals surface area contributed by atoms with Crippen LogP contribution >= 0.6 is 0 Å². The number of hydrogen-bond acceptors (Lipinski definition) is 6. The SMILES string of the molecule is O=C(O)NC1CCCN(S(=O)(=O)c2ccc(OCCc3ccc(F)cc3)cc2)C1C(=O)NO. The van der Waals surface area contributed by atoms with Gasteiger partial charge in [-0.3, -0.25) is 10.0 Å². The Morgan fingerprint density at radius 2 is 1.79 bits per heavy atom. The number of hydroxylamine groups is 1. The second-order valence-electron chi connectivity index (χ2n) is 7.43. The van der Waals surface area contributed by atoms with Crippen molar-refractivity contribution in [2.75, 3.05) is 13.2 Å². The van der Waals surface area contributed by atoms with Gasteiger partial charge in [-0.15, -0.1) is 0 Å². The summed E-state index contributed by atoms with van der Waals surface area (Å²) in [5.41, 5.74) is 2.31. The molecule has 2 aromatic carbocycles. The molecular weight excluding hydrogens is 457 g/mol. The number of hydrogen-bond donors (Lipinski definition) is 4. The molecule has 12 heteroatoms. The second-order valence-corrected chi connectivity index (χ2v) is 9.32. The van der Waals surface area contributed by atoms with E-state index in [1.54, 1.807) is 12.1 Å².